The Morgan fingerprint density at radius 3 is 2.61 bits per heavy atom. The Balaban J connectivity index is 1.99. The number of amides is 2. The van der Waals surface area contributed by atoms with Crippen LogP contribution < -0.4 is 20.2 Å². The van der Waals surface area contributed by atoms with Gasteiger partial charge in [0, 0.05) is 20.3 Å². The summed E-state index contributed by atoms with van der Waals surface area (Å²) in [5.41, 5.74) is 3.74. The Labute approximate surface area is 186 Å². The third kappa shape index (κ3) is 8.27. The van der Waals surface area contributed by atoms with Crippen LogP contribution in [0, 0.1) is 0 Å². The molecule has 2 amide bonds. The van der Waals surface area contributed by atoms with Crippen molar-refractivity contribution in [3.63, 3.8) is 0 Å². The molecule has 0 atom stereocenters. The van der Waals surface area contributed by atoms with Crippen molar-refractivity contribution in [1.82, 2.24) is 10.7 Å². The van der Waals surface area contributed by atoms with E-state index in [1.54, 1.807) is 19.2 Å². The largest absolute Gasteiger partial charge is 0.490 e. The summed E-state index contributed by atoms with van der Waals surface area (Å²) in [7, 11) is 1.56. The van der Waals surface area contributed by atoms with E-state index in [4.69, 9.17) is 25.8 Å². The third-order valence-corrected chi connectivity index (χ3v) is 4.24. The van der Waals surface area contributed by atoms with Gasteiger partial charge < -0.3 is 19.5 Å². The van der Waals surface area contributed by atoms with Crippen LogP contribution in [0.1, 0.15) is 24.5 Å². The highest BCUT2D eigenvalue weighted by molar-refractivity contribution is 6.35. The first-order chi connectivity index (χ1) is 15.0. The molecule has 0 aromatic heterocycles. The minimum absolute atomic E-state index is 0.335. The Morgan fingerprint density at radius 1 is 1.13 bits per heavy atom. The zero-order chi connectivity index (χ0) is 22.5. The molecular formula is C22H26ClN3O5. The Hall–Kier alpha value is -3.10. The van der Waals surface area contributed by atoms with E-state index in [9.17, 15) is 9.59 Å². The van der Waals surface area contributed by atoms with Crippen molar-refractivity contribution in [3.8, 4) is 11.5 Å². The van der Waals surface area contributed by atoms with E-state index in [2.05, 4.69) is 15.8 Å². The van der Waals surface area contributed by atoms with Crippen LogP contribution in [-0.4, -0.2) is 44.9 Å². The molecule has 2 N–H and O–H groups in total. The number of nitrogens with zero attached hydrogens (tertiary/aromatic N) is 1. The summed E-state index contributed by atoms with van der Waals surface area (Å²) in [4.78, 5) is 23.4. The molecule has 0 aliphatic carbocycles. The minimum Gasteiger partial charge on any atom is -0.490 e. The number of halogens is 1. The normalized spacial score (nSPS) is 10.7. The monoisotopic (exact) mass is 447 g/mol. The van der Waals surface area contributed by atoms with E-state index >= 15 is 0 Å². The molecule has 31 heavy (non-hydrogen) atoms. The van der Waals surface area contributed by atoms with Gasteiger partial charge in [0.2, 0.25) is 0 Å². The molecule has 2 aromatic rings. The molecule has 2 rings (SSSR count). The lowest BCUT2D eigenvalue weighted by Gasteiger charge is -2.14. The first kappa shape index (κ1) is 24.2. The molecule has 0 aliphatic heterocycles. The number of nitrogens with one attached hydrogen (secondary N) is 2. The van der Waals surface area contributed by atoms with Crippen LogP contribution in [0.3, 0.4) is 0 Å². The molecule has 0 spiro atoms. The van der Waals surface area contributed by atoms with Crippen LogP contribution in [0.15, 0.2) is 47.6 Å². The number of hydrogen-bond donors (Lipinski definition) is 2. The first-order valence-electron chi connectivity index (χ1n) is 9.78. The van der Waals surface area contributed by atoms with Gasteiger partial charge in [0.1, 0.15) is 6.61 Å². The number of hydrazone groups is 1. The Kier molecular flexibility index (Phi) is 10.3. The predicted molar refractivity (Wildman–Crippen MR) is 119 cm³/mol. The molecule has 0 unspecified atom stereocenters. The van der Waals surface area contributed by atoms with Gasteiger partial charge in [-0.2, -0.15) is 5.10 Å². The van der Waals surface area contributed by atoms with Crippen LogP contribution in [0.4, 0.5) is 0 Å². The Morgan fingerprint density at radius 2 is 1.90 bits per heavy atom. The predicted octanol–water partition coefficient (Wildman–Crippen LogP) is 2.92. The van der Waals surface area contributed by atoms with Gasteiger partial charge in [-0.3, -0.25) is 9.59 Å². The minimum atomic E-state index is -0.868. The lowest BCUT2D eigenvalue weighted by Crippen LogP contribution is -2.38. The van der Waals surface area contributed by atoms with Crippen LogP contribution in [-0.2, 0) is 20.9 Å². The van der Waals surface area contributed by atoms with Crippen LogP contribution in [0.25, 0.3) is 0 Å². The standard InChI is InChI=1S/C22H26ClN3O5/c1-3-30-19-13-17(14-25-26-22(28)21(27)24-10-7-11-29-2)12-18(23)20(19)31-15-16-8-5-4-6-9-16/h4-6,8-9,12-14H,3,7,10-11,15H2,1-2H3,(H,24,27)(H,26,28)/b25-14-. The van der Waals surface area contributed by atoms with E-state index in [1.807, 2.05) is 37.3 Å². The number of ether oxygens (including phenoxy) is 3. The maximum Gasteiger partial charge on any atom is 0.329 e. The summed E-state index contributed by atoms with van der Waals surface area (Å²) in [6, 6.07) is 13.0. The second-order valence-corrected chi connectivity index (χ2v) is 6.75. The summed E-state index contributed by atoms with van der Waals surface area (Å²) in [5.74, 6) is -0.767. The maximum absolute atomic E-state index is 11.8. The molecule has 0 bridgehead atoms. The van der Waals surface area contributed by atoms with Gasteiger partial charge in [0.25, 0.3) is 0 Å². The fourth-order valence-corrected chi connectivity index (χ4v) is 2.78. The van der Waals surface area contributed by atoms with Gasteiger partial charge in [-0.25, -0.2) is 5.43 Å². The maximum atomic E-state index is 11.8. The zero-order valence-electron chi connectivity index (χ0n) is 17.5. The molecule has 8 nitrogen and oxygen atoms in total. The smallest absolute Gasteiger partial charge is 0.329 e. The number of methoxy groups -OCH3 is 1. The number of carbonyl (C=O) groups is 2. The Bertz CT molecular complexity index is 890. The molecule has 0 fully saturated rings. The van der Waals surface area contributed by atoms with Gasteiger partial charge in [-0.15, -0.1) is 0 Å². The number of benzene rings is 2. The summed E-state index contributed by atoms with van der Waals surface area (Å²) in [6.07, 6.45) is 1.97. The van der Waals surface area contributed by atoms with Gasteiger partial charge in [0.15, 0.2) is 11.5 Å². The lowest BCUT2D eigenvalue weighted by atomic mass is 10.2. The summed E-state index contributed by atoms with van der Waals surface area (Å²) in [5, 5.41) is 6.62. The van der Waals surface area contributed by atoms with E-state index in [-0.39, 0.29) is 0 Å². The third-order valence-electron chi connectivity index (χ3n) is 3.95. The van der Waals surface area contributed by atoms with Crippen molar-refractivity contribution < 1.29 is 23.8 Å². The van der Waals surface area contributed by atoms with Gasteiger partial charge in [0.05, 0.1) is 17.8 Å². The topological polar surface area (TPSA) is 98.2 Å². The molecule has 0 heterocycles. The van der Waals surface area contributed by atoms with Crippen molar-refractivity contribution >= 4 is 29.6 Å². The average molecular weight is 448 g/mol. The molecule has 0 aliphatic rings. The van der Waals surface area contributed by atoms with Crippen molar-refractivity contribution in [1.29, 1.82) is 0 Å². The fourth-order valence-electron chi connectivity index (χ4n) is 2.51. The van der Waals surface area contributed by atoms with E-state index in [1.165, 1.54) is 6.21 Å². The molecule has 9 heteroatoms. The second-order valence-electron chi connectivity index (χ2n) is 6.34. The van der Waals surface area contributed by atoms with Gasteiger partial charge in [-0.1, -0.05) is 41.9 Å². The van der Waals surface area contributed by atoms with Crippen LogP contribution >= 0.6 is 11.6 Å². The van der Waals surface area contributed by atoms with Crippen LogP contribution in [0.5, 0.6) is 11.5 Å². The average Bonchev–Trinajstić information content (AvgIpc) is 2.77. The molecule has 0 saturated carbocycles. The molecular weight excluding hydrogens is 422 g/mol. The van der Waals surface area contributed by atoms with Crippen molar-refractivity contribution in [2.75, 3.05) is 26.9 Å². The van der Waals surface area contributed by atoms with Crippen molar-refractivity contribution in [2.24, 2.45) is 5.10 Å². The fraction of sp³-hybridized carbons (Fsp3) is 0.318. The first-order valence-corrected chi connectivity index (χ1v) is 10.2. The second kappa shape index (κ2) is 13.3. The van der Waals surface area contributed by atoms with E-state index in [0.29, 0.717) is 54.9 Å². The molecule has 2 aromatic carbocycles. The lowest BCUT2D eigenvalue weighted by molar-refractivity contribution is -0.139. The summed E-state index contributed by atoms with van der Waals surface area (Å²) in [6.45, 7) is 3.43. The highest BCUT2D eigenvalue weighted by Crippen LogP contribution is 2.36. The number of rotatable bonds is 11. The highest BCUT2D eigenvalue weighted by atomic mass is 35.5. The van der Waals surface area contributed by atoms with Crippen molar-refractivity contribution in [2.45, 2.75) is 20.0 Å². The molecule has 166 valence electrons. The van der Waals surface area contributed by atoms with Gasteiger partial charge in [-0.05, 0) is 36.6 Å². The quantitative estimate of drug-likeness (QED) is 0.239. The van der Waals surface area contributed by atoms with Crippen molar-refractivity contribution in [3.05, 3.63) is 58.6 Å². The highest BCUT2D eigenvalue weighted by Gasteiger charge is 2.14. The van der Waals surface area contributed by atoms with E-state index in [0.717, 1.165) is 5.56 Å². The molecule has 0 radical (unpaired) electrons. The van der Waals surface area contributed by atoms with E-state index < -0.39 is 11.8 Å². The zero-order valence-corrected chi connectivity index (χ0v) is 18.3. The van der Waals surface area contributed by atoms with Crippen LogP contribution in [0.2, 0.25) is 5.02 Å². The number of carbonyl (C=O) groups excluding carboxylic acids is 2. The SMILES string of the molecule is CCOc1cc(/C=N\NC(=O)C(=O)NCCCOC)cc(Cl)c1OCc1ccccc1. The molecule has 0 saturated heterocycles. The van der Waals surface area contributed by atoms with Gasteiger partial charge >= 0.3 is 11.8 Å². The summed E-state index contributed by atoms with van der Waals surface area (Å²) >= 11 is 6.38. The number of hydrogen-bond acceptors (Lipinski definition) is 6. The summed E-state index contributed by atoms with van der Waals surface area (Å²) < 4.78 is 16.4.